The summed E-state index contributed by atoms with van der Waals surface area (Å²) in [4.78, 5) is 27.3. The van der Waals surface area contributed by atoms with Gasteiger partial charge < -0.3 is 15.0 Å². The number of halogens is 1. The van der Waals surface area contributed by atoms with E-state index in [0.717, 1.165) is 22.6 Å². The number of hydrogen-bond donors (Lipinski definition) is 1. The highest BCUT2D eigenvalue weighted by atomic mass is 32.2. The monoisotopic (exact) mass is 386 g/mol. The molecular formula is C20H19FN2O3S. The van der Waals surface area contributed by atoms with Crippen molar-refractivity contribution in [1.29, 1.82) is 0 Å². The van der Waals surface area contributed by atoms with Crippen LogP contribution in [0, 0.1) is 5.82 Å². The molecule has 0 saturated carbocycles. The van der Waals surface area contributed by atoms with E-state index in [4.69, 9.17) is 4.74 Å². The molecule has 27 heavy (non-hydrogen) atoms. The number of rotatable bonds is 4. The van der Waals surface area contributed by atoms with Gasteiger partial charge in [0.1, 0.15) is 11.6 Å². The Hall–Kier alpha value is -2.54. The van der Waals surface area contributed by atoms with E-state index in [0.29, 0.717) is 11.4 Å². The summed E-state index contributed by atoms with van der Waals surface area (Å²) in [6.45, 7) is 0.258. The number of nitrogens with one attached hydrogen (secondary N) is 1. The van der Waals surface area contributed by atoms with Crippen molar-refractivity contribution in [1.82, 2.24) is 5.32 Å². The van der Waals surface area contributed by atoms with Crippen LogP contribution in [0.2, 0.25) is 0 Å². The molecule has 0 radical (unpaired) electrons. The molecule has 0 spiro atoms. The molecule has 2 aliphatic heterocycles. The van der Waals surface area contributed by atoms with Crippen molar-refractivity contribution in [3.63, 3.8) is 0 Å². The van der Waals surface area contributed by atoms with Gasteiger partial charge in [-0.05, 0) is 42.3 Å². The minimum absolute atomic E-state index is 0.0227. The highest BCUT2D eigenvalue weighted by Crippen LogP contribution is 2.36. The minimum atomic E-state index is -0.300. The number of anilines is 1. The van der Waals surface area contributed by atoms with Gasteiger partial charge in [-0.3, -0.25) is 9.59 Å². The van der Waals surface area contributed by atoms with Crippen molar-refractivity contribution in [2.24, 2.45) is 0 Å². The van der Waals surface area contributed by atoms with Gasteiger partial charge in [-0.1, -0.05) is 12.1 Å². The summed E-state index contributed by atoms with van der Waals surface area (Å²) in [6, 6.07) is 11.8. The molecule has 2 heterocycles. The Morgan fingerprint density at radius 1 is 1.30 bits per heavy atom. The summed E-state index contributed by atoms with van der Waals surface area (Å²) in [7, 11) is 0. The van der Waals surface area contributed by atoms with Crippen LogP contribution < -0.4 is 15.0 Å². The van der Waals surface area contributed by atoms with Gasteiger partial charge in [0.15, 0.2) is 6.61 Å². The Bertz CT molecular complexity index is 889. The van der Waals surface area contributed by atoms with Crippen LogP contribution in [-0.2, 0) is 9.59 Å². The average Bonchev–Trinajstić information content (AvgIpc) is 2.67. The molecule has 0 fully saturated rings. The Kier molecular flexibility index (Phi) is 5.03. The molecule has 2 aromatic rings. The molecule has 0 aromatic heterocycles. The van der Waals surface area contributed by atoms with Crippen LogP contribution in [0.15, 0.2) is 47.4 Å². The summed E-state index contributed by atoms with van der Waals surface area (Å²) in [6.07, 6.45) is 0.931. The van der Waals surface area contributed by atoms with E-state index in [1.807, 2.05) is 18.2 Å². The van der Waals surface area contributed by atoms with Crippen LogP contribution >= 0.6 is 11.8 Å². The standard InChI is InChI=1S/C20H19FN2O3S/c21-13-5-6-18-14(11-13)15(8-10-27-18)22-19(24)7-9-23-16-3-1-2-4-17(16)26-12-20(23)25/h1-6,11,15H,7-10,12H2,(H,22,24). The summed E-state index contributed by atoms with van der Waals surface area (Å²) in [5, 5.41) is 2.99. The highest BCUT2D eigenvalue weighted by molar-refractivity contribution is 7.99. The third-order valence-electron chi connectivity index (χ3n) is 4.72. The number of nitrogens with zero attached hydrogens (tertiary/aromatic N) is 1. The smallest absolute Gasteiger partial charge is 0.265 e. The third kappa shape index (κ3) is 3.78. The van der Waals surface area contributed by atoms with Crippen molar-refractivity contribution in [3.8, 4) is 5.75 Å². The fourth-order valence-corrected chi connectivity index (χ4v) is 4.50. The van der Waals surface area contributed by atoms with Crippen LogP contribution in [0.1, 0.15) is 24.4 Å². The zero-order chi connectivity index (χ0) is 18.8. The molecule has 0 aliphatic carbocycles. The minimum Gasteiger partial charge on any atom is -0.482 e. The molecule has 2 aliphatic rings. The molecule has 140 valence electrons. The van der Waals surface area contributed by atoms with Crippen LogP contribution in [0.5, 0.6) is 5.75 Å². The second-order valence-electron chi connectivity index (χ2n) is 6.49. The van der Waals surface area contributed by atoms with Gasteiger partial charge in [-0.15, -0.1) is 11.8 Å². The van der Waals surface area contributed by atoms with Crippen LogP contribution in [-0.4, -0.2) is 30.7 Å². The second-order valence-corrected chi connectivity index (χ2v) is 7.63. The Balaban J connectivity index is 1.41. The lowest BCUT2D eigenvalue weighted by Gasteiger charge is -2.30. The molecule has 1 atom stereocenters. The lowest BCUT2D eigenvalue weighted by Crippen LogP contribution is -2.41. The first-order valence-corrected chi connectivity index (χ1v) is 9.84. The first-order valence-electron chi connectivity index (χ1n) is 8.85. The maximum Gasteiger partial charge on any atom is 0.265 e. The molecule has 2 amide bonds. The molecule has 0 saturated heterocycles. The maximum atomic E-state index is 13.6. The molecule has 7 heteroatoms. The molecule has 1 N–H and O–H groups in total. The number of amides is 2. The Morgan fingerprint density at radius 3 is 3.04 bits per heavy atom. The van der Waals surface area contributed by atoms with Gasteiger partial charge in [0.05, 0.1) is 11.7 Å². The number of fused-ring (bicyclic) bond motifs is 2. The largest absolute Gasteiger partial charge is 0.482 e. The van der Waals surface area contributed by atoms with Crippen LogP contribution in [0.4, 0.5) is 10.1 Å². The van der Waals surface area contributed by atoms with E-state index in [9.17, 15) is 14.0 Å². The SMILES string of the molecule is O=C(CCN1C(=O)COc2ccccc21)NC1CCSc2ccc(F)cc21. The summed E-state index contributed by atoms with van der Waals surface area (Å²) in [5.74, 6) is 0.901. The van der Waals surface area contributed by atoms with Crippen molar-refractivity contribution in [2.45, 2.75) is 23.8 Å². The first-order chi connectivity index (χ1) is 13.1. The van der Waals surface area contributed by atoms with Crippen LogP contribution in [0.25, 0.3) is 0 Å². The molecule has 4 rings (SSSR count). The molecule has 1 unspecified atom stereocenters. The second kappa shape index (κ2) is 7.60. The number of thioether (sulfide) groups is 1. The van der Waals surface area contributed by atoms with E-state index < -0.39 is 0 Å². The summed E-state index contributed by atoms with van der Waals surface area (Å²) in [5.41, 5.74) is 1.51. The van der Waals surface area contributed by atoms with E-state index in [1.165, 1.54) is 12.1 Å². The summed E-state index contributed by atoms with van der Waals surface area (Å²) >= 11 is 1.67. The highest BCUT2D eigenvalue weighted by Gasteiger charge is 2.27. The fourth-order valence-electron chi connectivity index (χ4n) is 3.39. The zero-order valence-electron chi connectivity index (χ0n) is 14.6. The summed E-state index contributed by atoms with van der Waals surface area (Å²) < 4.78 is 19.0. The normalized spacial score (nSPS) is 18.3. The predicted octanol–water partition coefficient (Wildman–Crippen LogP) is 3.29. The lowest BCUT2D eigenvalue weighted by molar-refractivity contribution is -0.122. The van der Waals surface area contributed by atoms with Gasteiger partial charge in [0, 0.05) is 23.6 Å². The number of para-hydroxylation sites is 2. The third-order valence-corrected chi connectivity index (χ3v) is 5.84. The number of carbonyl (C=O) groups is 2. The van der Waals surface area contributed by atoms with Gasteiger partial charge in [0.25, 0.3) is 5.91 Å². The van der Waals surface area contributed by atoms with Crippen molar-refractivity contribution in [2.75, 3.05) is 23.8 Å². The number of hydrogen-bond acceptors (Lipinski definition) is 4. The molecule has 0 bridgehead atoms. The zero-order valence-corrected chi connectivity index (χ0v) is 15.4. The van der Waals surface area contributed by atoms with Gasteiger partial charge in [-0.25, -0.2) is 4.39 Å². The van der Waals surface area contributed by atoms with Gasteiger partial charge in [0.2, 0.25) is 5.91 Å². The van der Waals surface area contributed by atoms with E-state index in [1.54, 1.807) is 28.8 Å². The van der Waals surface area contributed by atoms with Crippen molar-refractivity contribution < 1.29 is 18.7 Å². The first kappa shape index (κ1) is 17.9. The van der Waals surface area contributed by atoms with Gasteiger partial charge >= 0.3 is 0 Å². The van der Waals surface area contributed by atoms with E-state index in [2.05, 4.69) is 5.32 Å². The van der Waals surface area contributed by atoms with E-state index in [-0.39, 0.29) is 43.2 Å². The fraction of sp³-hybridized carbons (Fsp3) is 0.300. The molecule has 2 aromatic carbocycles. The van der Waals surface area contributed by atoms with Gasteiger partial charge in [-0.2, -0.15) is 0 Å². The van der Waals surface area contributed by atoms with Crippen molar-refractivity contribution in [3.05, 3.63) is 53.8 Å². The number of ether oxygens (including phenoxy) is 1. The predicted molar refractivity (Wildman–Crippen MR) is 102 cm³/mol. The number of carbonyl (C=O) groups excluding carboxylic acids is 2. The molecular weight excluding hydrogens is 367 g/mol. The topological polar surface area (TPSA) is 58.6 Å². The lowest BCUT2D eigenvalue weighted by atomic mass is 10.0. The Morgan fingerprint density at radius 2 is 2.15 bits per heavy atom. The van der Waals surface area contributed by atoms with Crippen molar-refractivity contribution >= 4 is 29.3 Å². The van der Waals surface area contributed by atoms with Crippen LogP contribution in [0.3, 0.4) is 0 Å². The van der Waals surface area contributed by atoms with E-state index >= 15 is 0 Å². The Labute approximate surface area is 160 Å². The molecule has 5 nitrogen and oxygen atoms in total. The average molecular weight is 386 g/mol. The maximum absolute atomic E-state index is 13.6. The quantitative estimate of drug-likeness (QED) is 0.876. The number of benzene rings is 2.